The fourth-order valence-corrected chi connectivity index (χ4v) is 4.06. The minimum atomic E-state index is -0.155. The van der Waals surface area contributed by atoms with Crippen LogP contribution in [-0.4, -0.2) is 52.3 Å². The van der Waals surface area contributed by atoms with Crippen LogP contribution >= 0.6 is 0 Å². The zero-order valence-corrected chi connectivity index (χ0v) is 18.2. The number of phenolic OH excluding ortho intramolecular Hbond substituents is 1. The molecule has 0 aliphatic carbocycles. The molecule has 0 bridgehead atoms. The van der Waals surface area contributed by atoms with Crippen molar-refractivity contribution in [2.24, 2.45) is 0 Å². The van der Waals surface area contributed by atoms with Crippen molar-refractivity contribution in [3.8, 4) is 34.1 Å². The van der Waals surface area contributed by atoms with Crippen LogP contribution in [0.2, 0.25) is 0 Å². The number of aromatic hydroxyl groups is 1. The number of amides is 1. The number of ether oxygens (including phenoxy) is 2. The van der Waals surface area contributed by atoms with Gasteiger partial charge in [0, 0.05) is 30.5 Å². The quantitative estimate of drug-likeness (QED) is 0.416. The molecule has 168 valence electrons. The molecule has 4 aromatic rings. The van der Waals surface area contributed by atoms with Gasteiger partial charge in [0.15, 0.2) is 0 Å². The van der Waals surface area contributed by atoms with Crippen molar-refractivity contribution in [3.05, 3.63) is 60.3 Å². The van der Waals surface area contributed by atoms with Crippen molar-refractivity contribution in [3.63, 3.8) is 0 Å². The number of imidazole rings is 1. The Morgan fingerprint density at radius 1 is 1.24 bits per heavy atom. The van der Waals surface area contributed by atoms with Crippen LogP contribution in [0.25, 0.3) is 33.5 Å². The second-order valence-electron chi connectivity index (χ2n) is 7.95. The van der Waals surface area contributed by atoms with Gasteiger partial charge in [0.05, 0.1) is 29.8 Å². The molecule has 1 aliphatic heterocycles. The minimum Gasteiger partial charge on any atom is -0.507 e. The average molecular weight is 444 g/mol. The highest BCUT2D eigenvalue weighted by Gasteiger charge is 2.18. The molecule has 0 saturated carbocycles. The van der Waals surface area contributed by atoms with Crippen LogP contribution in [0.5, 0.6) is 11.6 Å². The summed E-state index contributed by atoms with van der Waals surface area (Å²) >= 11 is 0. The van der Waals surface area contributed by atoms with E-state index in [0.717, 1.165) is 30.6 Å². The number of carbonyl (C=O) groups is 1. The largest absolute Gasteiger partial charge is 0.507 e. The zero-order valence-electron chi connectivity index (χ0n) is 18.2. The molecule has 1 amide bonds. The van der Waals surface area contributed by atoms with E-state index < -0.39 is 0 Å². The lowest BCUT2D eigenvalue weighted by molar-refractivity contribution is 0.0858. The first kappa shape index (κ1) is 21.0. The summed E-state index contributed by atoms with van der Waals surface area (Å²) in [5.41, 5.74) is 4.13. The van der Waals surface area contributed by atoms with E-state index in [-0.39, 0.29) is 17.8 Å². The first-order chi connectivity index (χ1) is 16.1. The molecule has 1 fully saturated rings. The van der Waals surface area contributed by atoms with Gasteiger partial charge in [0.25, 0.3) is 5.91 Å². The third-order valence-electron chi connectivity index (χ3n) is 5.79. The Balaban J connectivity index is 1.43. The molecule has 33 heavy (non-hydrogen) atoms. The first-order valence-electron chi connectivity index (χ1n) is 10.8. The molecule has 2 aromatic heterocycles. The highest BCUT2D eigenvalue weighted by molar-refractivity contribution is 5.97. The topological polar surface area (TPSA) is 109 Å². The predicted octanol–water partition coefficient (Wildman–Crippen LogP) is 3.91. The fraction of sp³-hybridized carbons (Fsp3) is 0.240. The Hall–Kier alpha value is -3.91. The summed E-state index contributed by atoms with van der Waals surface area (Å²) < 4.78 is 10.9. The Morgan fingerprint density at radius 2 is 2.15 bits per heavy atom. The number of aromatic amines is 1. The van der Waals surface area contributed by atoms with Crippen LogP contribution < -0.4 is 10.1 Å². The van der Waals surface area contributed by atoms with E-state index in [2.05, 4.69) is 20.3 Å². The van der Waals surface area contributed by atoms with Gasteiger partial charge in [-0.1, -0.05) is 6.07 Å². The van der Waals surface area contributed by atoms with E-state index in [0.29, 0.717) is 40.4 Å². The van der Waals surface area contributed by atoms with Crippen LogP contribution in [0.4, 0.5) is 0 Å². The lowest BCUT2D eigenvalue weighted by Gasteiger charge is -2.10. The molecule has 1 unspecified atom stereocenters. The van der Waals surface area contributed by atoms with Crippen LogP contribution in [0.1, 0.15) is 23.2 Å². The van der Waals surface area contributed by atoms with E-state index >= 15 is 0 Å². The van der Waals surface area contributed by atoms with E-state index in [9.17, 15) is 9.90 Å². The van der Waals surface area contributed by atoms with Crippen molar-refractivity contribution >= 4 is 16.9 Å². The summed E-state index contributed by atoms with van der Waals surface area (Å²) in [5, 5.41) is 13.5. The van der Waals surface area contributed by atoms with Crippen molar-refractivity contribution in [1.82, 2.24) is 20.3 Å². The Morgan fingerprint density at radius 3 is 2.97 bits per heavy atom. The van der Waals surface area contributed by atoms with Gasteiger partial charge in [-0.2, -0.15) is 0 Å². The van der Waals surface area contributed by atoms with Gasteiger partial charge in [0.2, 0.25) is 5.88 Å². The van der Waals surface area contributed by atoms with E-state index in [4.69, 9.17) is 9.47 Å². The number of phenols is 1. The van der Waals surface area contributed by atoms with Gasteiger partial charge in [-0.05, 0) is 60.9 Å². The summed E-state index contributed by atoms with van der Waals surface area (Å²) in [6, 6.07) is 14.3. The van der Waals surface area contributed by atoms with Crippen LogP contribution in [-0.2, 0) is 4.74 Å². The van der Waals surface area contributed by atoms with E-state index in [1.54, 1.807) is 43.6 Å². The number of pyridine rings is 1. The van der Waals surface area contributed by atoms with Crippen LogP contribution in [0, 0.1) is 0 Å². The van der Waals surface area contributed by atoms with Crippen molar-refractivity contribution in [2.75, 3.05) is 20.3 Å². The molecule has 1 saturated heterocycles. The summed E-state index contributed by atoms with van der Waals surface area (Å²) in [5.74, 6) is 0.939. The highest BCUT2D eigenvalue weighted by atomic mass is 16.5. The maximum atomic E-state index is 12.6. The number of hydrogen-bond donors (Lipinski definition) is 3. The molecule has 2 aromatic carbocycles. The highest BCUT2D eigenvalue weighted by Crippen LogP contribution is 2.35. The van der Waals surface area contributed by atoms with Gasteiger partial charge < -0.3 is 24.9 Å². The number of nitrogens with zero attached hydrogens (tertiary/aromatic N) is 2. The lowest BCUT2D eigenvalue weighted by Crippen LogP contribution is -2.31. The fourth-order valence-electron chi connectivity index (χ4n) is 4.06. The number of nitrogens with one attached hydrogen (secondary N) is 2. The van der Waals surface area contributed by atoms with E-state index in [1.165, 1.54) is 0 Å². The van der Waals surface area contributed by atoms with Crippen LogP contribution in [0.15, 0.2) is 54.7 Å². The molecule has 3 N–H and O–H groups in total. The number of aromatic nitrogens is 3. The molecule has 3 heterocycles. The predicted molar refractivity (Wildman–Crippen MR) is 124 cm³/mol. The number of carbonyl (C=O) groups excluding carboxylic acids is 1. The van der Waals surface area contributed by atoms with Gasteiger partial charge >= 0.3 is 0 Å². The molecule has 1 atom stereocenters. The molecular formula is C25H24N4O4. The van der Waals surface area contributed by atoms with Crippen molar-refractivity contribution < 1.29 is 19.4 Å². The number of fused-ring (bicyclic) bond motifs is 1. The third kappa shape index (κ3) is 4.25. The summed E-state index contributed by atoms with van der Waals surface area (Å²) in [6.07, 6.45) is 3.75. The molecular weight excluding hydrogens is 420 g/mol. The van der Waals surface area contributed by atoms with Gasteiger partial charge in [-0.3, -0.25) is 4.79 Å². The minimum absolute atomic E-state index is 0.0881. The van der Waals surface area contributed by atoms with Crippen molar-refractivity contribution in [1.29, 1.82) is 0 Å². The molecule has 0 spiro atoms. The monoisotopic (exact) mass is 444 g/mol. The third-order valence-corrected chi connectivity index (χ3v) is 5.79. The van der Waals surface area contributed by atoms with Gasteiger partial charge in [-0.15, -0.1) is 0 Å². The molecule has 0 radical (unpaired) electrons. The average Bonchev–Trinajstić information content (AvgIpc) is 3.52. The number of benzene rings is 2. The number of hydrogen-bond acceptors (Lipinski definition) is 6. The first-order valence-corrected chi connectivity index (χ1v) is 10.8. The zero-order chi connectivity index (χ0) is 22.8. The number of rotatable bonds is 6. The standard InChI is InChI=1S/C25H24N4O4/c1-32-25-18(5-2-10-26-25)15-7-9-22(30)19(12-15)23-28-20-8-6-16(13-21(20)29-23)24(31)27-14-17-4-3-11-33-17/h2,5-10,12-13,17,30H,3-4,11,14H2,1H3,(H,27,31)(H,28,29). The second kappa shape index (κ2) is 8.91. The van der Waals surface area contributed by atoms with Gasteiger partial charge in [0.1, 0.15) is 11.6 Å². The SMILES string of the molecule is COc1ncccc1-c1ccc(O)c(-c2nc3ccc(C(=O)NCC4CCCO4)cc3[nH]2)c1. The smallest absolute Gasteiger partial charge is 0.251 e. The Kier molecular flexibility index (Phi) is 5.66. The normalized spacial score (nSPS) is 15.6. The number of H-pyrrole nitrogens is 1. The summed E-state index contributed by atoms with van der Waals surface area (Å²) in [4.78, 5) is 24.7. The summed E-state index contributed by atoms with van der Waals surface area (Å²) in [7, 11) is 1.57. The molecule has 8 heteroatoms. The lowest BCUT2D eigenvalue weighted by atomic mass is 10.0. The molecule has 1 aliphatic rings. The van der Waals surface area contributed by atoms with Crippen LogP contribution in [0.3, 0.4) is 0 Å². The Labute approximate surface area is 190 Å². The maximum absolute atomic E-state index is 12.6. The van der Waals surface area contributed by atoms with Crippen molar-refractivity contribution in [2.45, 2.75) is 18.9 Å². The Bertz CT molecular complexity index is 1310. The van der Waals surface area contributed by atoms with E-state index in [1.807, 2.05) is 18.2 Å². The van der Waals surface area contributed by atoms with Gasteiger partial charge in [-0.25, -0.2) is 9.97 Å². The number of methoxy groups -OCH3 is 1. The molecule has 8 nitrogen and oxygen atoms in total. The summed E-state index contributed by atoms with van der Waals surface area (Å²) in [6.45, 7) is 1.26. The molecule has 5 rings (SSSR count). The second-order valence-corrected chi connectivity index (χ2v) is 7.95. The maximum Gasteiger partial charge on any atom is 0.251 e.